The van der Waals surface area contributed by atoms with E-state index in [4.69, 9.17) is 10.3 Å². The summed E-state index contributed by atoms with van der Waals surface area (Å²) in [7, 11) is 4.22. The van der Waals surface area contributed by atoms with Crippen molar-refractivity contribution in [3.8, 4) is 11.5 Å². The number of anilines is 1. The van der Waals surface area contributed by atoms with Crippen LogP contribution >= 0.6 is 0 Å². The Hall–Kier alpha value is -1.99. The van der Waals surface area contributed by atoms with Crippen LogP contribution in [0.1, 0.15) is 18.3 Å². The molecule has 0 radical (unpaired) electrons. The van der Waals surface area contributed by atoms with Crippen LogP contribution in [0.15, 0.2) is 22.9 Å². The molecule has 0 spiro atoms. The molecule has 1 unspecified atom stereocenters. The molecule has 112 valence electrons. The van der Waals surface area contributed by atoms with E-state index in [2.05, 4.69) is 39.0 Å². The molecule has 2 aromatic rings. The van der Waals surface area contributed by atoms with E-state index in [9.17, 15) is 0 Å². The second-order valence-electron chi connectivity index (χ2n) is 5.54. The second-order valence-corrected chi connectivity index (χ2v) is 5.54. The Morgan fingerprint density at radius 1 is 1.33 bits per heavy atom. The Kier molecular flexibility index (Phi) is 3.85. The first-order valence-electron chi connectivity index (χ1n) is 7.08. The second kappa shape index (κ2) is 5.79. The largest absolute Gasteiger partial charge is 0.384 e. The minimum absolute atomic E-state index is 0.147. The molecule has 0 amide bonds. The number of nitrogens with zero attached hydrogens (tertiary/aromatic N) is 5. The van der Waals surface area contributed by atoms with Gasteiger partial charge in [0.15, 0.2) is 5.82 Å². The van der Waals surface area contributed by atoms with Gasteiger partial charge in [-0.1, -0.05) is 5.16 Å². The number of nitrogen functional groups attached to an aromatic ring is 1. The molecule has 3 rings (SSSR count). The first-order valence-corrected chi connectivity index (χ1v) is 7.08. The van der Waals surface area contributed by atoms with Crippen molar-refractivity contribution in [3.05, 3.63) is 24.2 Å². The van der Waals surface area contributed by atoms with E-state index in [0.717, 1.165) is 37.4 Å². The number of aromatic nitrogens is 3. The third-order valence-corrected chi connectivity index (χ3v) is 3.84. The van der Waals surface area contributed by atoms with Gasteiger partial charge in [0.2, 0.25) is 0 Å². The highest BCUT2D eigenvalue weighted by Crippen LogP contribution is 2.24. The lowest BCUT2D eigenvalue weighted by molar-refractivity contribution is 0.215. The van der Waals surface area contributed by atoms with E-state index in [-0.39, 0.29) is 6.04 Å². The zero-order valence-corrected chi connectivity index (χ0v) is 12.4. The van der Waals surface area contributed by atoms with Crippen molar-refractivity contribution >= 4 is 5.82 Å². The summed E-state index contributed by atoms with van der Waals surface area (Å²) in [5.41, 5.74) is 6.49. The molecule has 1 fully saturated rings. The molecular weight excluding hydrogens is 268 g/mol. The molecule has 2 aromatic heterocycles. The summed E-state index contributed by atoms with van der Waals surface area (Å²) in [5.74, 6) is 1.65. The molecule has 0 aliphatic carbocycles. The highest BCUT2D eigenvalue weighted by atomic mass is 16.5. The lowest BCUT2D eigenvalue weighted by Gasteiger charge is -2.24. The summed E-state index contributed by atoms with van der Waals surface area (Å²) in [6.07, 6.45) is 2.79. The van der Waals surface area contributed by atoms with Crippen LogP contribution < -0.4 is 5.73 Å². The maximum atomic E-state index is 5.69. The van der Waals surface area contributed by atoms with Crippen molar-refractivity contribution in [1.29, 1.82) is 0 Å². The molecule has 1 aliphatic heterocycles. The van der Waals surface area contributed by atoms with Crippen LogP contribution in [0.25, 0.3) is 11.5 Å². The number of hydrogen-bond acceptors (Lipinski definition) is 7. The number of pyridine rings is 1. The van der Waals surface area contributed by atoms with Crippen molar-refractivity contribution < 1.29 is 4.52 Å². The maximum absolute atomic E-state index is 5.69. The Morgan fingerprint density at radius 3 is 3.00 bits per heavy atom. The van der Waals surface area contributed by atoms with Crippen molar-refractivity contribution in [1.82, 2.24) is 24.9 Å². The molecule has 0 aromatic carbocycles. The zero-order valence-electron chi connectivity index (χ0n) is 12.4. The normalized spacial score (nSPS) is 21.3. The predicted molar refractivity (Wildman–Crippen MR) is 79.4 cm³/mol. The minimum atomic E-state index is 0.147. The molecule has 7 nitrogen and oxygen atoms in total. The molecular formula is C14H20N6O. The van der Waals surface area contributed by atoms with Crippen LogP contribution in [0, 0.1) is 0 Å². The fraction of sp³-hybridized carbons (Fsp3) is 0.500. The summed E-state index contributed by atoms with van der Waals surface area (Å²) >= 11 is 0. The lowest BCUT2D eigenvalue weighted by atomic mass is 10.2. The van der Waals surface area contributed by atoms with Gasteiger partial charge < -0.3 is 15.2 Å². The lowest BCUT2D eigenvalue weighted by Crippen LogP contribution is -2.31. The number of rotatable bonds is 2. The summed E-state index contributed by atoms with van der Waals surface area (Å²) in [6.45, 7) is 3.02. The van der Waals surface area contributed by atoms with Gasteiger partial charge >= 0.3 is 0 Å². The van der Waals surface area contributed by atoms with E-state index in [1.54, 1.807) is 12.3 Å². The van der Waals surface area contributed by atoms with Crippen molar-refractivity contribution in [3.63, 3.8) is 0 Å². The molecule has 2 N–H and O–H groups in total. The summed E-state index contributed by atoms with van der Waals surface area (Å²) in [5, 5.41) is 4.16. The zero-order chi connectivity index (χ0) is 14.8. The van der Waals surface area contributed by atoms with Gasteiger partial charge in [0.05, 0.1) is 6.04 Å². The van der Waals surface area contributed by atoms with Crippen molar-refractivity contribution in [2.75, 3.05) is 39.5 Å². The summed E-state index contributed by atoms with van der Waals surface area (Å²) in [4.78, 5) is 13.1. The molecule has 1 atom stereocenters. The summed E-state index contributed by atoms with van der Waals surface area (Å²) < 4.78 is 5.39. The van der Waals surface area contributed by atoms with Gasteiger partial charge in [0.25, 0.3) is 5.89 Å². The standard InChI is InChI=1S/C14H20N6O/c1-19-6-3-7-20(2)11(9-19)13-17-14(21-18-13)10-4-5-16-12(15)8-10/h4-5,8,11H,3,6-7,9H2,1-2H3,(H2,15,16). The SMILES string of the molecule is CN1CCCN(C)C(c2noc(-c3ccnc(N)c3)n2)C1. The average molecular weight is 288 g/mol. The first-order chi connectivity index (χ1) is 10.1. The highest BCUT2D eigenvalue weighted by molar-refractivity contribution is 5.56. The third kappa shape index (κ3) is 3.03. The van der Waals surface area contributed by atoms with Crippen molar-refractivity contribution in [2.24, 2.45) is 0 Å². The monoisotopic (exact) mass is 288 g/mol. The molecule has 1 aliphatic rings. The van der Waals surface area contributed by atoms with E-state index >= 15 is 0 Å². The van der Waals surface area contributed by atoms with Crippen LogP contribution in [-0.4, -0.2) is 58.7 Å². The van der Waals surface area contributed by atoms with Gasteiger partial charge in [-0.3, -0.25) is 4.90 Å². The van der Waals surface area contributed by atoms with Gasteiger partial charge in [0.1, 0.15) is 5.82 Å². The van der Waals surface area contributed by atoms with Crippen LogP contribution in [-0.2, 0) is 0 Å². The Labute approximate surface area is 123 Å². The van der Waals surface area contributed by atoms with Gasteiger partial charge in [-0.05, 0) is 45.7 Å². The van der Waals surface area contributed by atoms with E-state index in [1.807, 2.05) is 6.07 Å². The van der Waals surface area contributed by atoms with E-state index < -0.39 is 0 Å². The topological polar surface area (TPSA) is 84.3 Å². The molecule has 0 saturated carbocycles. The highest BCUT2D eigenvalue weighted by Gasteiger charge is 2.26. The predicted octanol–water partition coefficient (Wildman–Crippen LogP) is 1.02. The fourth-order valence-electron chi connectivity index (χ4n) is 2.62. The number of nitrogens with two attached hydrogens (primary N) is 1. The first kappa shape index (κ1) is 14.0. The molecule has 7 heteroatoms. The number of likely N-dealkylation sites (N-methyl/N-ethyl adjacent to an activating group) is 2. The minimum Gasteiger partial charge on any atom is -0.384 e. The van der Waals surface area contributed by atoms with E-state index in [1.165, 1.54) is 0 Å². The average Bonchev–Trinajstić information content (AvgIpc) is 2.87. The van der Waals surface area contributed by atoms with Gasteiger partial charge in [-0.2, -0.15) is 4.98 Å². The van der Waals surface area contributed by atoms with Crippen LogP contribution in [0.5, 0.6) is 0 Å². The molecule has 3 heterocycles. The Balaban J connectivity index is 1.86. The quantitative estimate of drug-likeness (QED) is 0.883. The molecule has 0 bridgehead atoms. The van der Waals surface area contributed by atoms with Gasteiger partial charge in [0, 0.05) is 18.3 Å². The number of hydrogen-bond donors (Lipinski definition) is 1. The maximum Gasteiger partial charge on any atom is 0.258 e. The third-order valence-electron chi connectivity index (χ3n) is 3.84. The van der Waals surface area contributed by atoms with Gasteiger partial charge in [-0.25, -0.2) is 4.98 Å². The Morgan fingerprint density at radius 2 is 2.19 bits per heavy atom. The van der Waals surface area contributed by atoms with Crippen LogP contribution in [0.4, 0.5) is 5.82 Å². The van der Waals surface area contributed by atoms with Crippen molar-refractivity contribution in [2.45, 2.75) is 12.5 Å². The van der Waals surface area contributed by atoms with E-state index in [0.29, 0.717) is 11.7 Å². The smallest absolute Gasteiger partial charge is 0.258 e. The fourth-order valence-corrected chi connectivity index (χ4v) is 2.62. The van der Waals surface area contributed by atoms with Gasteiger partial charge in [-0.15, -0.1) is 0 Å². The summed E-state index contributed by atoms with van der Waals surface area (Å²) in [6, 6.07) is 3.70. The molecule has 21 heavy (non-hydrogen) atoms. The van der Waals surface area contributed by atoms with Crippen LogP contribution in [0.3, 0.4) is 0 Å². The Bertz CT molecular complexity index is 613. The van der Waals surface area contributed by atoms with Crippen LogP contribution in [0.2, 0.25) is 0 Å². The molecule has 1 saturated heterocycles.